The van der Waals surface area contributed by atoms with Crippen LogP contribution in [0.2, 0.25) is 0 Å². The van der Waals surface area contributed by atoms with E-state index in [9.17, 15) is 15.3 Å². The Morgan fingerprint density at radius 2 is 0.537 bits per heavy atom. The highest BCUT2D eigenvalue weighted by atomic mass is 16.3. The zero-order chi connectivity index (χ0) is 41.1. The largest absolute Gasteiger partial charge is 0.507 e. The summed E-state index contributed by atoms with van der Waals surface area (Å²) in [7, 11) is 0. The molecule has 0 saturated carbocycles. The van der Waals surface area contributed by atoms with E-state index in [1.54, 1.807) is 0 Å². The minimum Gasteiger partial charge on any atom is -0.507 e. The SMILES string of the molecule is CC(C)(C)c1cc(Cc2nc(Cc3cc(C(C)(C)C)cc(C(C)(C)C)c3O)nc(Cc3cc(C(C)(C)C)cc(C(C)(C)C)c3O)n2)c(O)c(C(C)(C)C)c1. The summed E-state index contributed by atoms with van der Waals surface area (Å²) in [6.07, 6.45) is 0.886. The number of hydrogen-bond donors (Lipinski definition) is 3. The maximum absolute atomic E-state index is 11.7. The Kier molecular flexibility index (Phi) is 11.3. The molecule has 0 atom stereocenters. The molecule has 1 heterocycles. The first-order valence-electron chi connectivity index (χ1n) is 19.6. The van der Waals surface area contributed by atoms with Gasteiger partial charge >= 0.3 is 0 Å². The van der Waals surface area contributed by atoms with E-state index in [4.69, 9.17) is 15.0 Å². The monoisotopic (exact) mass is 736 g/mol. The van der Waals surface area contributed by atoms with Crippen molar-refractivity contribution in [2.75, 3.05) is 0 Å². The number of phenolic OH excluding ortho intramolecular Hbond substituents is 3. The van der Waals surface area contributed by atoms with Crippen molar-refractivity contribution in [2.45, 2.75) is 176 Å². The van der Waals surface area contributed by atoms with Crippen LogP contribution >= 0.6 is 0 Å². The molecular weight excluding hydrogens is 667 g/mol. The van der Waals surface area contributed by atoms with E-state index in [0.717, 1.165) is 50.1 Å². The molecule has 4 rings (SSSR count). The summed E-state index contributed by atoms with van der Waals surface area (Å²) in [5.41, 5.74) is 7.07. The highest BCUT2D eigenvalue weighted by Crippen LogP contribution is 2.41. The van der Waals surface area contributed by atoms with Gasteiger partial charge in [0.25, 0.3) is 0 Å². The van der Waals surface area contributed by atoms with Gasteiger partial charge in [0.2, 0.25) is 0 Å². The molecule has 6 heteroatoms. The van der Waals surface area contributed by atoms with Crippen molar-refractivity contribution in [1.82, 2.24) is 15.0 Å². The van der Waals surface area contributed by atoms with Gasteiger partial charge in [-0.25, -0.2) is 15.0 Å². The van der Waals surface area contributed by atoms with Gasteiger partial charge in [0.15, 0.2) is 0 Å². The average molecular weight is 736 g/mol. The Bertz CT molecular complexity index is 1770. The average Bonchev–Trinajstić information content (AvgIpc) is 2.96. The third kappa shape index (κ3) is 9.83. The van der Waals surface area contributed by atoms with Crippen LogP contribution in [0.1, 0.15) is 192 Å². The molecule has 0 unspecified atom stereocenters. The molecule has 294 valence electrons. The van der Waals surface area contributed by atoms with Gasteiger partial charge < -0.3 is 15.3 Å². The Morgan fingerprint density at radius 1 is 0.333 bits per heavy atom. The number of aromatic nitrogens is 3. The Balaban J connectivity index is 1.99. The lowest BCUT2D eigenvalue weighted by Gasteiger charge is -2.28. The van der Waals surface area contributed by atoms with Crippen molar-refractivity contribution >= 4 is 0 Å². The molecule has 0 aliphatic carbocycles. The van der Waals surface area contributed by atoms with Crippen molar-refractivity contribution in [3.05, 3.63) is 104 Å². The van der Waals surface area contributed by atoms with Crippen molar-refractivity contribution in [2.24, 2.45) is 0 Å². The van der Waals surface area contributed by atoms with Gasteiger partial charge in [-0.2, -0.15) is 0 Å². The third-order valence-electron chi connectivity index (χ3n) is 10.4. The highest BCUT2D eigenvalue weighted by Gasteiger charge is 2.29. The van der Waals surface area contributed by atoms with Crippen LogP contribution in [0.5, 0.6) is 17.2 Å². The molecule has 0 aliphatic rings. The molecule has 1 aromatic heterocycles. The van der Waals surface area contributed by atoms with Crippen molar-refractivity contribution in [3.63, 3.8) is 0 Å². The van der Waals surface area contributed by atoms with Gasteiger partial charge in [0.05, 0.1) is 0 Å². The third-order valence-corrected chi connectivity index (χ3v) is 10.4. The maximum atomic E-state index is 11.7. The highest BCUT2D eigenvalue weighted by molar-refractivity contribution is 5.52. The van der Waals surface area contributed by atoms with Crippen LogP contribution < -0.4 is 0 Å². The first-order chi connectivity index (χ1) is 24.3. The molecule has 54 heavy (non-hydrogen) atoms. The zero-order valence-corrected chi connectivity index (χ0v) is 36.8. The van der Waals surface area contributed by atoms with E-state index < -0.39 is 0 Å². The second kappa shape index (κ2) is 14.3. The number of rotatable bonds is 6. The topological polar surface area (TPSA) is 99.4 Å². The lowest BCUT2D eigenvalue weighted by atomic mass is 9.78. The first-order valence-corrected chi connectivity index (χ1v) is 19.6. The number of benzene rings is 3. The Labute approximate surface area is 326 Å². The molecule has 4 aromatic rings. The van der Waals surface area contributed by atoms with Crippen molar-refractivity contribution in [1.29, 1.82) is 0 Å². The molecule has 0 bridgehead atoms. The van der Waals surface area contributed by atoms with Crippen molar-refractivity contribution < 1.29 is 15.3 Å². The second-order valence-electron chi connectivity index (χ2n) is 21.7. The van der Waals surface area contributed by atoms with E-state index >= 15 is 0 Å². The van der Waals surface area contributed by atoms with Crippen LogP contribution in [0.4, 0.5) is 0 Å². The predicted molar refractivity (Wildman–Crippen MR) is 225 cm³/mol. The fraction of sp³-hybridized carbons (Fsp3) is 0.562. The summed E-state index contributed by atoms with van der Waals surface area (Å²) in [5.74, 6) is 2.36. The van der Waals surface area contributed by atoms with Gasteiger partial charge in [0.1, 0.15) is 34.7 Å². The summed E-state index contributed by atoms with van der Waals surface area (Å²) in [6.45, 7) is 38.7. The van der Waals surface area contributed by atoms with E-state index in [1.165, 1.54) is 0 Å². The van der Waals surface area contributed by atoms with Crippen molar-refractivity contribution in [3.8, 4) is 17.2 Å². The molecule has 0 radical (unpaired) electrons. The summed E-state index contributed by atoms with van der Waals surface area (Å²) in [4.78, 5) is 15.1. The van der Waals surface area contributed by atoms with E-state index in [2.05, 4.69) is 161 Å². The summed E-state index contributed by atoms with van der Waals surface area (Å²) in [6, 6.07) is 12.6. The molecule has 0 fully saturated rings. The second-order valence-corrected chi connectivity index (χ2v) is 21.7. The smallest absolute Gasteiger partial charge is 0.137 e. The lowest BCUT2D eigenvalue weighted by Crippen LogP contribution is -2.19. The fourth-order valence-electron chi connectivity index (χ4n) is 6.77. The van der Waals surface area contributed by atoms with Gasteiger partial charge in [-0.1, -0.05) is 161 Å². The minimum absolute atomic E-state index is 0.140. The van der Waals surface area contributed by atoms with Crippen LogP contribution in [0.15, 0.2) is 36.4 Å². The van der Waals surface area contributed by atoms with Gasteiger partial charge in [0, 0.05) is 36.0 Å². The van der Waals surface area contributed by atoms with Gasteiger partial charge in [-0.05, 0) is 65.9 Å². The number of hydrogen-bond acceptors (Lipinski definition) is 6. The lowest BCUT2D eigenvalue weighted by molar-refractivity contribution is 0.438. The molecule has 0 amide bonds. The Morgan fingerprint density at radius 3 is 0.704 bits per heavy atom. The summed E-state index contributed by atoms with van der Waals surface area (Å²) in [5, 5.41) is 35.2. The molecule has 3 aromatic carbocycles. The molecule has 0 aliphatic heterocycles. The van der Waals surface area contributed by atoms with Crippen LogP contribution in [-0.2, 0) is 51.8 Å². The standard InChI is InChI=1S/C48H69N3O3/c1-43(2,3)31-19-28(40(52)34(25-31)46(10,11)12)22-37-49-38(23-29-20-32(44(4,5)6)26-35(41(29)53)47(13,14)15)51-39(50-37)24-30-21-33(45(7,8)9)27-36(42(30)54)48(16,17)18/h19-21,25-27,52-54H,22-24H2,1-18H3. The van der Waals surface area contributed by atoms with Crippen LogP contribution in [0.3, 0.4) is 0 Å². The number of nitrogens with zero attached hydrogens (tertiary/aromatic N) is 3. The number of aromatic hydroxyl groups is 3. The maximum Gasteiger partial charge on any atom is 0.137 e. The predicted octanol–water partition coefficient (Wildman–Crippen LogP) is 11.5. The summed E-state index contributed by atoms with van der Waals surface area (Å²) < 4.78 is 0. The van der Waals surface area contributed by atoms with Crippen LogP contribution in [0, 0.1) is 0 Å². The van der Waals surface area contributed by atoms with E-state index in [-0.39, 0.29) is 49.7 Å². The molecule has 3 N–H and O–H groups in total. The minimum atomic E-state index is -0.282. The van der Waals surface area contributed by atoms with E-state index in [0.29, 0.717) is 36.7 Å². The zero-order valence-electron chi connectivity index (χ0n) is 36.8. The van der Waals surface area contributed by atoms with Gasteiger partial charge in [-0.15, -0.1) is 0 Å². The molecule has 0 saturated heterocycles. The van der Waals surface area contributed by atoms with Crippen LogP contribution in [-0.4, -0.2) is 30.3 Å². The Hall–Kier alpha value is -3.93. The van der Waals surface area contributed by atoms with Gasteiger partial charge in [-0.3, -0.25) is 0 Å². The molecular formula is C48H69N3O3. The number of phenols is 3. The normalized spacial score (nSPS) is 13.4. The molecule has 0 spiro atoms. The van der Waals surface area contributed by atoms with E-state index in [1.807, 2.05) is 0 Å². The summed E-state index contributed by atoms with van der Waals surface area (Å²) >= 11 is 0. The first kappa shape index (κ1) is 42.8. The van der Waals surface area contributed by atoms with Crippen LogP contribution in [0.25, 0.3) is 0 Å². The quantitative estimate of drug-likeness (QED) is 0.182. The fourth-order valence-corrected chi connectivity index (χ4v) is 6.77. The molecule has 6 nitrogen and oxygen atoms in total.